The normalized spacial score (nSPS) is 18.5. The number of hydrogen-bond acceptors (Lipinski definition) is 9. The van der Waals surface area contributed by atoms with E-state index in [2.05, 4.69) is 25.7 Å². The summed E-state index contributed by atoms with van der Waals surface area (Å²) >= 11 is 0. The molecule has 5 heterocycles. The Hall–Kier alpha value is -4.29. The first kappa shape index (κ1) is 21.8. The van der Waals surface area contributed by atoms with Gasteiger partial charge in [0.15, 0.2) is 17.3 Å². The number of rotatable bonds is 5. The number of aromatic nitrogens is 6. The van der Waals surface area contributed by atoms with Crippen molar-refractivity contribution in [1.82, 2.24) is 40.4 Å². The highest BCUT2D eigenvalue weighted by Gasteiger charge is 2.34. The number of amides is 3. The molecule has 2 aliphatic heterocycles. The largest absolute Gasteiger partial charge is 0.363 e. The molecular weight excluding hydrogens is 486 g/mol. The van der Waals surface area contributed by atoms with E-state index in [1.165, 1.54) is 15.8 Å². The Kier molecular flexibility index (Phi) is 5.46. The molecule has 1 fully saturated rings. The fourth-order valence-corrected chi connectivity index (χ4v) is 4.96. The number of aryl methyl sites for hydroxylation is 2. The molecule has 3 aromatic rings. The second kappa shape index (κ2) is 9.54. The molecule has 13 heteroatoms. The maximum Gasteiger partial charge on any atom is 0.325 e. The molecule has 0 spiro atoms. The molecule has 2 aliphatic rings. The van der Waals surface area contributed by atoms with Crippen LogP contribution in [-0.4, -0.2) is 80.2 Å². The van der Waals surface area contributed by atoms with E-state index in [0.717, 1.165) is 29.1 Å². The zero-order chi connectivity index (χ0) is 29.8. The number of nitrogens with one attached hydrogen (secondary N) is 2. The molecule has 3 aromatic heterocycles. The SMILES string of the molecule is [2H]C([2H])([2H])NC(=O)c1nnc(N2CCCN(C(C)C)C2=O)cc1Nc1nc(C)cc2c1N(C)[C@@H](C)c1nn(C)nc1-2. The van der Waals surface area contributed by atoms with Gasteiger partial charge in [-0.25, -0.2) is 9.78 Å². The molecule has 38 heavy (non-hydrogen) atoms. The molecule has 3 amide bonds. The minimum atomic E-state index is -2.74. The minimum absolute atomic E-state index is 0.00767. The van der Waals surface area contributed by atoms with E-state index < -0.39 is 12.9 Å². The minimum Gasteiger partial charge on any atom is -0.363 e. The third-order valence-electron chi connectivity index (χ3n) is 6.97. The van der Waals surface area contributed by atoms with Crippen LogP contribution in [0.5, 0.6) is 0 Å². The van der Waals surface area contributed by atoms with Crippen molar-refractivity contribution in [3.05, 3.63) is 29.2 Å². The van der Waals surface area contributed by atoms with E-state index in [-0.39, 0.29) is 35.3 Å². The van der Waals surface area contributed by atoms with Crippen LogP contribution in [0.3, 0.4) is 0 Å². The van der Waals surface area contributed by atoms with Gasteiger partial charge in [-0.1, -0.05) is 0 Å². The lowest BCUT2D eigenvalue weighted by Crippen LogP contribution is -2.52. The molecule has 0 bridgehead atoms. The Labute approximate surface area is 225 Å². The number of nitrogens with zero attached hydrogens (tertiary/aromatic N) is 9. The number of carbonyl (C=O) groups excluding carboxylic acids is 2. The van der Waals surface area contributed by atoms with E-state index in [9.17, 15) is 9.59 Å². The fraction of sp³-hybridized carbons (Fsp3) is 0.480. The Morgan fingerprint density at radius 3 is 2.71 bits per heavy atom. The Morgan fingerprint density at radius 2 is 1.97 bits per heavy atom. The van der Waals surface area contributed by atoms with E-state index in [0.29, 0.717) is 24.6 Å². The van der Waals surface area contributed by atoms with Crippen LogP contribution in [0.15, 0.2) is 12.1 Å². The summed E-state index contributed by atoms with van der Waals surface area (Å²) in [6, 6.07) is 3.09. The van der Waals surface area contributed by atoms with Crippen molar-refractivity contribution in [3.8, 4) is 11.3 Å². The van der Waals surface area contributed by atoms with Crippen molar-refractivity contribution < 1.29 is 13.7 Å². The highest BCUT2D eigenvalue weighted by atomic mass is 16.2. The third-order valence-corrected chi connectivity index (χ3v) is 6.97. The average Bonchev–Trinajstić information content (AvgIpc) is 3.28. The fourth-order valence-electron chi connectivity index (χ4n) is 4.96. The molecule has 13 nitrogen and oxygen atoms in total. The Balaban J connectivity index is 1.63. The third kappa shape index (κ3) is 4.17. The summed E-state index contributed by atoms with van der Waals surface area (Å²) in [4.78, 5) is 37.8. The lowest BCUT2D eigenvalue weighted by atomic mass is 9.98. The van der Waals surface area contributed by atoms with Gasteiger partial charge >= 0.3 is 6.03 Å². The number of pyridine rings is 1. The van der Waals surface area contributed by atoms with Gasteiger partial charge < -0.3 is 20.4 Å². The van der Waals surface area contributed by atoms with E-state index in [1.54, 1.807) is 11.9 Å². The smallest absolute Gasteiger partial charge is 0.325 e. The summed E-state index contributed by atoms with van der Waals surface area (Å²) in [5.41, 5.74) is 3.65. The van der Waals surface area contributed by atoms with Gasteiger partial charge in [0, 0.05) is 61.6 Å². The van der Waals surface area contributed by atoms with Gasteiger partial charge in [-0.05, 0) is 40.2 Å². The summed E-state index contributed by atoms with van der Waals surface area (Å²) < 4.78 is 22.5. The topological polar surface area (TPSA) is 137 Å². The number of anilines is 4. The summed E-state index contributed by atoms with van der Waals surface area (Å²) in [5.74, 6) is -0.311. The zero-order valence-electron chi connectivity index (χ0n) is 25.3. The van der Waals surface area contributed by atoms with Gasteiger partial charge in [0.1, 0.15) is 11.4 Å². The molecule has 0 aliphatic carbocycles. The van der Waals surface area contributed by atoms with E-state index in [1.807, 2.05) is 51.0 Å². The number of hydrogen-bond donors (Lipinski definition) is 2. The van der Waals surface area contributed by atoms with Crippen molar-refractivity contribution >= 4 is 34.9 Å². The highest BCUT2D eigenvalue weighted by molar-refractivity contribution is 6.00. The first-order valence-corrected chi connectivity index (χ1v) is 12.5. The van der Waals surface area contributed by atoms with Crippen LogP contribution in [0.1, 0.15) is 59.2 Å². The molecule has 0 saturated carbocycles. The van der Waals surface area contributed by atoms with Crippen molar-refractivity contribution in [2.24, 2.45) is 7.05 Å². The molecule has 2 N–H and O–H groups in total. The predicted molar refractivity (Wildman–Crippen MR) is 144 cm³/mol. The average molecular weight is 523 g/mol. The van der Waals surface area contributed by atoms with Gasteiger partial charge in [-0.15, -0.1) is 10.2 Å². The van der Waals surface area contributed by atoms with E-state index in [4.69, 9.17) is 9.10 Å². The Bertz CT molecular complexity index is 1520. The van der Waals surface area contributed by atoms with E-state index >= 15 is 0 Å². The van der Waals surface area contributed by atoms with Crippen LogP contribution in [0, 0.1) is 6.92 Å². The molecule has 0 radical (unpaired) electrons. The van der Waals surface area contributed by atoms with Crippen LogP contribution < -0.4 is 20.4 Å². The van der Waals surface area contributed by atoms with Crippen molar-refractivity contribution in [1.29, 1.82) is 0 Å². The maximum absolute atomic E-state index is 13.3. The summed E-state index contributed by atoms with van der Waals surface area (Å²) in [6.07, 6.45) is 0.728. The summed E-state index contributed by atoms with van der Waals surface area (Å²) in [7, 11) is 3.68. The first-order valence-electron chi connectivity index (χ1n) is 14.0. The van der Waals surface area contributed by atoms with Gasteiger partial charge in [-0.2, -0.15) is 15.0 Å². The van der Waals surface area contributed by atoms with Gasteiger partial charge in [-0.3, -0.25) is 9.69 Å². The molecule has 1 atom stereocenters. The van der Waals surface area contributed by atoms with Gasteiger partial charge in [0.2, 0.25) is 0 Å². The van der Waals surface area contributed by atoms with Crippen LogP contribution in [0.2, 0.25) is 0 Å². The maximum atomic E-state index is 13.3. The molecular formula is C25H33N11O2. The lowest BCUT2D eigenvalue weighted by molar-refractivity contribution is 0.0958. The number of carbonyl (C=O) groups is 2. The molecule has 5 rings (SSSR count). The van der Waals surface area contributed by atoms with Gasteiger partial charge in [0.05, 0.1) is 17.4 Å². The van der Waals surface area contributed by atoms with Crippen LogP contribution in [0.4, 0.5) is 27.8 Å². The van der Waals surface area contributed by atoms with Crippen LogP contribution >= 0.6 is 0 Å². The molecule has 200 valence electrons. The van der Waals surface area contributed by atoms with Crippen molar-refractivity contribution in [3.63, 3.8) is 0 Å². The Morgan fingerprint density at radius 1 is 1.18 bits per heavy atom. The predicted octanol–water partition coefficient (Wildman–Crippen LogP) is 2.63. The van der Waals surface area contributed by atoms with Crippen LogP contribution in [0.25, 0.3) is 11.3 Å². The van der Waals surface area contributed by atoms with Crippen LogP contribution in [-0.2, 0) is 7.05 Å². The quantitative estimate of drug-likeness (QED) is 0.518. The zero-order valence-corrected chi connectivity index (χ0v) is 22.3. The molecule has 0 aromatic carbocycles. The second-order valence-corrected chi connectivity index (χ2v) is 9.84. The van der Waals surface area contributed by atoms with Crippen molar-refractivity contribution in [2.45, 2.75) is 46.2 Å². The molecule has 1 saturated heterocycles. The van der Waals surface area contributed by atoms with Gasteiger partial charge in [0.25, 0.3) is 5.91 Å². The standard InChI is InChI=1S/C25H33N11O2/c1-13(2)35-9-8-10-36(25(35)38)18-12-17(21(30-29-18)24(37)26-5)28-23-22-16(11-14(3)27-23)20-19(15(4)33(22)6)31-34(7)32-20/h11-13,15H,8-10H2,1-7H3,(H,26,37)(H,27,28,29)/t15-/m0/s1/i5D3. The monoisotopic (exact) mass is 522 g/mol. The van der Waals surface area contributed by atoms with Crippen molar-refractivity contribution in [2.75, 3.05) is 42.2 Å². The second-order valence-electron chi connectivity index (χ2n) is 9.84. The number of urea groups is 1. The highest BCUT2D eigenvalue weighted by Crippen LogP contribution is 2.46. The first-order chi connectivity index (χ1) is 19.2. The summed E-state index contributed by atoms with van der Waals surface area (Å²) in [5, 5.41) is 22.6. The lowest BCUT2D eigenvalue weighted by Gasteiger charge is -2.37. The summed E-state index contributed by atoms with van der Waals surface area (Å²) in [6.45, 7) is 6.02. The molecule has 0 unspecified atom stereocenters. The number of fused-ring (bicyclic) bond motifs is 3.